The van der Waals surface area contributed by atoms with E-state index < -0.39 is 15.3 Å². The molecule has 2 N–H and O–H groups in total. The molecular weight excluding hydrogens is 420 g/mol. The molecule has 28 heavy (non-hydrogen) atoms. The molecule has 0 aliphatic carbocycles. The van der Waals surface area contributed by atoms with Crippen molar-refractivity contribution in [2.75, 3.05) is 19.4 Å². The Morgan fingerprint density at radius 1 is 1.25 bits per heavy atom. The Hall–Kier alpha value is -2.07. The molecule has 0 radical (unpaired) electrons. The topological polar surface area (TPSA) is 95.2 Å². The highest BCUT2D eigenvalue weighted by atomic mass is 35.5. The van der Waals surface area contributed by atoms with Crippen LogP contribution in [-0.2, 0) is 14.8 Å². The van der Waals surface area contributed by atoms with Gasteiger partial charge in [0.15, 0.2) is 5.16 Å². The average Bonchev–Trinajstić information content (AvgIpc) is 3.03. The summed E-state index contributed by atoms with van der Waals surface area (Å²) < 4.78 is 25.6. The van der Waals surface area contributed by atoms with E-state index in [9.17, 15) is 13.2 Å². The number of nitrogens with zero attached hydrogens (tertiary/aromatic N) is 2. The monoisotopic (exact) mass is 438 g/mol. The van der Waals surface area contributed by atoms with Crippen LogP contribution in [0.4, 0.5) is 5.69 Å². The van der Waals surface area contributed by atoms with Crippen LogP contribution in [-0.4, -0.2) is 47.9 Å². The maximum atomic E-state index is 12.5. The van der Waals surface area contributed by atoms with Crippen molar-refractivity contribution in [3.8, 4) is 0 Å². The molecule has 0 aliphatic heterocycles. The molecule has 2 aromatic carbocycles. The summed E-state index contributed by atoms with van der Waals surface area (Å²) in [5.74, 6) is -0.261. The van der Waals surface area contributed by atoms with Crippen LogP contribution in [0.25, 0.3) is 11.0 Å². The smallest absolute Gasteiger partial charge is 0.242 e. The number of aromatic nitrogens is 2. The second-order valence-corrected chi connectivity index (χ2v) is 10.2. The number of aromatic amines is 1. The number of sulfonamides is 1. The van der Waals surface area contributed by atoms with E-state index in [1.54, 1.807) is 37.3 Å². The Morgan fingerprint density at radius 3 is 2.71 bits per heavy atom. The summed E-state index contributed by atoms with van der Waals surface area (Å²) in [6.45, 7) is 1.75. The van der Waals surface area contributed by atoms with E-state index in [0.29, 0.717) is 15.9 Å². The first kappa shape index (κ1) is 20.7. The third-order valence-electron chi connectivity index (χ3n) is 3.96. The predicted octanol–water partition coefficient (Wildman–Crippen LogP) is 3.59. The van der Waals surface area contributed by atoms with E-state index in [0.717, 1.165) is 15.3 Å². The fraction of sp³-hybridized carbons (Fsp3) is 0.222. The number of benzene rings is 2. The Morgan fingerprint density at radius 2 is 2.00 bits per heavy atom. The molecule has 0 saturated carbocycles. The molecule has 1 atom stereocenters. The van der Waals surface area contributed by atoms with E-state index in [2.05, 4.69) is 15.3 Å². The van der Waals surface area contributed by atoms with E-state index in [1.807, 2.05) is 0 Å². The lowest BCUT2D eigenvalue weighted by Crippen LogP contribution is -2.24. The van der Waals surface area contributed by atoms with Crippen molar-refractivity contribution in [2.24, 2.45) is 0 Å². The van der Waals surface area contributed by atoms with Crippen molar-refractivity contribution < 1.29 is 13.2 Å². The fourth-order valence-corrected chi connectivity index (χ4v) is 4.37. The van der Waals surface area contributed by atoms with E-state index >= 15 is 0 Å². The standard InChI is InChI=1S/C18H19ClN4O3S2/c1-11(27-18-21-15-8-7-12(19)9-16(15)22-18)17(24)20-13-5-4-6-14(10-13)28(25,26)23(2)3/h4-11H,1-3H3,(H,20,24)(H,21,22)/t11-/m0/s1. The van der Waals surface area contributed by atoms with E-state index in [1.165, 1.54) is 38.0 Å². The number of carbonyl (C=O) groups excluding carboxylic acids is 1. The number of fused-ring (bicyclic) bond motifs is 1. The van der Waals surface area contributed by atoms with Crippen LogP contribution in [0.3, 0.4) is 0 Å². The van der Waals surface area contributed by atoms with Gasteiger partial charge >= 0.3 is 0 Å². The number of imidazole rings is 1. The highest BCUT2D eigenvalue weighted by molar-refractivity contribution is 8.00. The summed E-state index contributed by atoms with van der Waals surface area (Å²) in [7, 11) is -0.655. The number of anilines is 1. The number of hydrogen-bond donors (Lipinski definition) is 2. The molecule has 0 spiro atoms. The number of halogens is 1. The average molecular weight is 439 g/mol. The molecule has 1 aromatic heterocycles. The minimum absolute atomic E-state index is 0.116. The summed E-state index contributed by atoms with van der Waals surface area (Å²) in [6.07, 6.45) is 0. The number of carbonyl (C=O) groups is 1. The normalized spacial score (nSPS) is 13.0. The Labute approximate surface area is 172 Å². The number of thioether (sulfide) groups is 1. The van der Waals surface area contributed by atoms with Gasteiger partial charge in [-0.25, -0.2) is 17.7 Å². The summed E-state index contributed by atoms with van der Waals surface area (Å²) in [6, 6.07) is 11.5. The van der Waals surface area contributed by atoms with Crippen LogP contribution in [0, 0.1) is 0 Å². The van der Waals surface area contributed by atoms with Gasteiger partial charge in [-0.15, -0.1) is 0 Å². The lowest BCUT2D eigenvalue weighted by atomic mass is 10.3. The quantitative estimate of drug-likeness (QED) is 0.573. The summed E-state index contributed by atoms with van der Waals surface area (Å²) in [5.41, 5.74) is 1.97. The van der Waals surface area contributed by atoms with Gasteiger partial charge in [0.1, 0.15) is 0 Å². The highest BCUT2D eigenvalue weighted by Gasteiger charge is 2.20. The fourth-order valence-electron chi connectivity index (χ4n) is 2.42. The number of H-pyrrole nitrogens is 1. The number of rotatable bonds is 6. The maximum Gasteiger partial charge on any atom is 0.242 e. The molecule has 3 rings (SSSR count). The lowest BCUT2D eigenvalue weighted by molar-refractivity contribution is -0.115. The Balaban J connectivity index is 1.72. The van der Waals surface area contributed by atoms with E-state index in [4.69, 9.17) is 11.6 Å². The first-order valence-corrected chi connectivity index (χ1v) is 11.0. The molecular formula is C18H19ClN4O3S2. The molecule has 0 fully saturated rings. The van der Waals surface area contributed by atoms with Crippen molar-refractivity contribution >= 4 is 56.0 Å². The van der Waals surface area contributed by atoms with Crippen LogP contribution < -0.4 is 5.32 Å². The van der Waals surface area contributed by atoms with Gasteiger partial charge in [-0.2, -0.15) is 0 Å². The van der Waals surface area contributed by atoms with Crippen molar-refractivity contribution in [2.45, 2.75) is 22.2 Å². The van der Waals surface area contributed by atoms with Gasteiger partial charge in [0.25, 0.3) is 0 Å². The Kier molecular flexibility index (Phi) is 5.99. The highest BCUT2D eigenvalue weighted by Crippen LogP contribution is 2.26. The summed E-state index contributed by atoms with van der Waals surface area (Å²) in [4.78, 5) is 20.2. The predicted molar refractivity (Wildman–Crippen MR) is 112 cm³/mol. The zero-order valence-electron chi connectivity index (χ0n) is 15.4. The van der Waals surface area contributed by atoms with Crippen molar-refractivity contribution in [3.63, 3.8) is 0 Å². The molecule has 0 aliphatic rings. The first-order valence-electron chi connectivity index (χ1n) is 8.32. The molecule has 7 nitrogen and oxygen atoms in total. The van der Waals surface area contributed by atoms with Crippen LogP contribution >= 0.6 is 23.4 Å². The second-order valence-electron chi connectivity index (χ2n) is 6.27. The zero-order chi connectivity index (χ0) is 20.5. The van der Waals surface area contributed by atoms with Crippen LogP contribution in [0.15, 0.2) is 52.5 Å². The molecule has 1 amide bonds. The van der Waals surface area contributed by atoms with Crippen molar-refractivity contribution in [1.29, 1.82) is 0 Å². The lowest BCUT2D eigenvalue weighted by Gasteiger charge is -2.14. The third kappa shape index (κ3) is 4.49. The number of hydrogen-bond acceptors (Lipinski definition) is 5. The van der Waals surface area contributed by atoms with Gasteiger partial charge in [0.05, 0.1) is 21.2 Å². The van der Waals surface area contributed by atoms with Crippen molar-refractivity contribution in [3.05, 3.63) is 47.5 Å². The van der Waals surface area contributed by atoms with E-state index in [-0.39, 0.29) is 10.8 Å². The molecule has 0 unspecified atom stereocenters. The van der Waals surface area contributed by atoms with Gasteiger partial charge < -0.3 is 10.3 Å². The van der Waals surface area contributed by atoms with Crippen molar-refractivity contribution in [1.82, 2.24) is 14.3 Å². The second kappa shape index (κ2) is 8.12. The van der Waals surface area contributed by atoms with Gasteiger partial charge in [-0.1, -0.05) is 29.4 Å². The number of nitrogens with one attached hydrogen (secondary N) is 2. The number of amides is 1. The summed E-state index contributed by atoms with van der Waals surface area (Å²) >= 11 is 7.24. The zero-order valence-corrected chi connectivity index (χ0v) is 17.8. The molecule has 0 saturated heterocycles. The van der Waals surface area contributed by atoms with Gasteiger partial charge in [-0.05, 0) is 43.3 Å². The van der Waals surface area contributed by atoms with Gasteiger partial charge in [-0.3, -0.25) is 4.79 Å². The summed E-state index contributed by atoms with van der Waals surface area (Å²) in [5, 5.41) is 3.50. The molecule has 0 bridgehead atoms. The largest absolute Gasteiger partial charge is 0.333 e. The molecule has 3 aromatic rings. The van der Waals surface area contributed by atoms with Gasteiger partial charge in [0.2, 0.25) is 15.9 Å². The maximum absolute atomic E-state index is 12.5. The minimum atomic E-state index is -3.57. The van der Waals surface area contributed by atoms with Crippen LogP contribution in [0.5, 0.6) is 0 Å². The molecule has 10 heteroatoms. The first-order chi connectivity index (χ1) is 13.2. The Bertz CT molecular complexity index is 1130. The molecule has 1 heterocycles. The minimum Gasteiger partial charge on any atom is -0.333 e. The van der Waals surface area contributed by atoms with Gasteiger partial charge in [0, 0.05) is 24.8 Å². The molecule has 148 valence electrons. The SMILES string of the molecule is C[C@H](Sc1nc2ccc(Cl)cc2[nH]1)C(=O)Nc1cccc(S(=O)(=O)N(C)C)c1. The van der Waals surface area contributed by atoms with Crippen LogP contribution in [0.1, 0.15) is 6.92 Å². The van der Waals surface area contributed by atoms with Crippen LogP contribution in [0.2, 0.25) is 5.02 Å². The third-order valence-corrected chi connectivity index (χ3v) is 6.99.